The summed E-state index contributed by atoms with van der Waals surface area (Å²) in [6.07, 6.45) is 0. The molecule has 0 saturated carbocycles. The topological polar surface area (TPSA) is 75.6 Å². The molecule has 20 heavy (non-hydrogen) atoms. The van der Waals surface area contributed by atoms with Crippen LogP contribution < -0.4 is 5.32 Å². The molecule has 1 aromatic rings. The van der Waals surface area contributed by atoms with Gasteiger partial charge in [0.15, 0.2) is 0 Å². The fourth-order valence-electron chi connectivity index (χ4n) is 2.02. The Bertz CT molecular complexity index is 431. The SMILES string of the molecule is CC(C)C(C(=O)NCCOCC(=O)O)c1ccccc1. The number of ether oxygens (including phenoxy) is 1. The zero-order chi connectivity index (χ0) is 15.0. The Kier molecular flexibility index (Phi) is 6.73. The molecule has 0 radical (unpaired) electrons. The van der Waals surface area contributed by atoms with Gasteiger partial charge in [-0.1, -0.05) is 44.2 Å². The molecule has 0 fully saturated rings. The molecule has 0 bridgehead atoms. The molecule has 0 aliphatic heterocycles. The van der Waals surface area contributed by atoms with Crippen molar-refractivity contribution in [3.63, 3.8) is 0 Å². The minimum Gasteiger partial charge on any atom is -0.480 e. The summed E-state index contributed by atoms with van der Waals surface area (Å²) >= 11 is 0. The normalized spacial score (nSPS) is 12.2. The van der Waals surface area contributed by atoms with Gasteiger partial charge in [-0.05, 0) is 11.5 Å². The zero-order valence-corrected chi connectivity index (χ0v) is 11.8. The molecule has 1 unspecified atom stereocenters. The van der Waals surface area contributed by atoms with Gasteiger partial charge >= 0.3 is 5.97 Å². The highest BCUT2D eigenvalue weighted by atomic mass is 16.5. The van der Waals surface area contributed by atoms with Crippen LogP contribution >= 0.6 is 0 Å². The highest BCUT2D eigenvalue weighted by Gasteiger charge is 2.23. The van der Waals surface area contributed by atoms with Crippen molar-refractivity contribution in [2.75, 3.05) is 19.8 Å². The second-order valence-corrected chi connectivity index (χ2v) is 4.87. The van der Waals surface area contributed by atoms with E-state index in [1.807, 2.05) is 44.2 Å². The number of carbonyl (C=O) groups is 2. The number of carbonyl (C=O) groups excluding carboxylic acids is 1. The third kappa shape index (κ3) is 5.40. The maximum atomic E-state index is 12.2. The third-order valence-electron chi connectivity index (χ3n) is 2.88. The smallest absolute Gasteiger partial charge is 0.329 e. The first-order chi connectivity index (χ1) is 9.52. The van der Waals surface area contributed by atoms with Crippen molar-refractivity contribution in [3.05, 3.63) is 35.9 Å². The van der Waals surface area contributed by atoms with Gasteiger partial charge in [0.1, 0.15) is 6.61 Å². The van der Waals surface area contributed by atoms with Crippen LogP contribution in [0.1, 0.15) is 25.3 Å². The molecule has 1 aromatic carbocycles. The average molecular weight is 279 g/mol. The minimum absolute atomic E-state index is 0.0647. The molecule has 5 heteroatoms. The van der Waals surface area contributed by atoms with Gasteiger partial charge in [0.25, 0.3) is 0 Å². The second-order valence-electron chi connectivity index (χ2n) is 4.87. The van der Waals surface area contributed by atoms with Gasteiger partial charge < -0.3 is 15.2 Å². The Morgan fingerprint density at radius 2 is 1.90 bits per heavy atom. The lowest BCUT2D eigenvalue weighted by Gasteiger charge is -2.20. The van der Waals surface area contributed by atoms with E-state index in [1.165, 1.54) is 0 Å². The summed E-state index contributed by atoms with van der Waals surface area (Å²) in [5.74, 6) is -1.11. The first-order valence-electron chi connectivity index (χ1n) is 6.64. The molecule has 0 saturated heterocycles. The van der Waals surface area contributed by atoms with Crippen LogP contribution in [-0.4, -0.2) is 36.7 Å². The lowest BCUT2D eigenvalue weighted by molar-refractivity contribution is -0.142. The third-order valence-corrected chi connectivity index (χ3v) is 2.88. The number of amides is 1. The number of hydrogen-bond acceptors (Lipinski definition) is 3. The van der Waals surface area contributed by atoms with Crippen molar-refractivity contribution in [2.45, 2.75) is 19.8 Å². The van der Waals surface area contributed by atoms with Crippen LogP contribution in [-0.2, 0) is 14.3 Å². The number of aliphatic carboxylic acids is 1. The van der Waals surface area contributed by atoms with Crippen molar-refractivity contribution in [2.24, 2.45) is 5.92 Å². The predicted molar refractivity (Wildman–Crippen MR) is 75.5 cm³/mol. The van der Waals surface area contributed by atoms with Crippen molar-refractivity contribution < 1.29 is 19.4 Å². The van der Waals surface area contributed by atoms with Gasteiger partial charge in [0.05, 0.1) is 12.5 Å². The number of carboxylic acid groups (broad SMARTS) is 1. The molecular formula is C15H21NO4. The maximum Gasteiger partial charge on any atom is 0.329 e. The molecular weight excluding hydrogens is 258 g/mol. The summed E-state index contributed by atoms with van der Waals surface area (Å²) in [7, 11) is 0. The van der Waals surface area contributed by atoms with E-state index in [0.717, 1.165) is 5.56 Å². The van der Waals surface area contributed by atoms with E-state index >= 15 is 0 Å². The molecule has 0 aliphatic rings. The lowest BCUT2D eigenvalue weighted by Crippen LogP contribution is -2.34. The molecule has 0 aliphatic carbocycles. The van der Waals surface area contributed by atoms with Gasteiger partial charge in [-0.3, -0.25) is 4.79 Å². The Morgan fingerprint density at radius 1 is 1.25 bits per heavy atom. The largest absolute Gasteiger partial charge is 0.480 e. The van der Waals surface area contributed by atoms with Crippen LogP contribution in [0.25, 0.3) is 0 Å². The average Bonchev–Trinajstić information content (AvgIpc) is 2.39. The van der Waals surface area contributed by atoms with E-state index in [-0.39, 0.29) is 31.0 Å². The number of rotatable bonds is 8. The quantitative estimate of drug-likeness (QED) is 0.709. The summed E-state index contributed by atoms with van der Waals surface area (Å²) in [5.41, 5.74) is 0.978. The van der Waals surface area contributed by atoms with Crippen molar-refractivity contribution in [3.8, 4) is 0 Å². The zero-order valence-electron chi connectivity index (χ0n) is 11.8. The lowest BCUT2D eigenvalue weighted by atomic mass is 9.88. The number of benzene rings is 1. The molecule has 110 valence electrons. The first kappa shape index (κ1) is 16.2. The van der Waals surface area contributed by atoms with Gasteiger partial charge in [0.2, 0.25) is 5.91 Å². The Labute approximate surface area is 118 Å². The molecule has 2 N–H and O–H groups in total. The van der Waals surface area contributed by atoms with Gasteiger partial charge in [0, 0.05) is 6.54 Å². The molecule has 1 atom stereocenters. The molecule has 0 heterocycles. The van der Waals surface area contributed by atoms with E-state index in [4.69, 9.17) is 9.84 Å². The number of carboxylic acids is 1. The van der Waals surface area contributed by atoms with Gasteiger partial charge in [-0.15, -0.1) is 0 Å². The Morgan fingerprint density at radius 3 is 2.45 bits per heavy atom. The summed E-state index contributed by atoms with van der Waals surface area (Å²) in [6.45, 7) is 4.15. The fraction of sp³-hybridized carbons (Fsp3) is 0.467. The van der Waals surface area contributed by atoms with E-state index in [2.05, 4.69) is 5.32 Å². The van der Waals surface area contributed by atoms with Crippen LogP contribution in [0.3, 0.4) is 0 Å². The second kappa shape index (κ2) is 8.32. The Hall–Kier alpha value is -1.88. The van der Waals surface area contributed by atoms with Crippen molar-refractivity contribution in [1.82, 2.24) is 5.32 Å². The molecule has 1 amide bonds. The summed E-state index contributed by atoms with van der Waals surface area (Å²) in [6, 6.07) is 9.61. The number of hydrogen-bond donors (Lipinski definition) is 2. The summed E-state index contributed by atoms with van der Waals surface area (Å²) < 4.78 is 4.88. The van der Waals surface area contributed by atoms with Crippen LogP contribution in [0.5, 0.6) is 0 Å². The van der Waals surface area contributed by atoms with Gasteiger partial charge in [-0.25, -0.2) is 4.79 Å². The van der Waals surface area contributed by atoms with Crippen LogP contribution in [0.15, 0.2) is 30.3 Å². The summed E-state index contributed by atoms with van der Waals surface area (Å²) in [5, 5.41) is 11.2. The van der Waals surface area contributed by atoms with Crippen molar-refractivity contribution >= 4 is 11.9 Å². The molecule has 0 aromatic heterocycles. The molecule has 0 spiro atoms. The maximum absolute atomic E-state index is 12.2. The standard InChI is InChI=1S/C15H21NO4/c1-11(2)14(12-6-4-3-5-7-12)15(19)16-8-9-20-10-13(17)18/h3-7,11,14H,8-10H2,1-2H3,(H,16,19)(H,17,18). The van der Waals surface area contributed by atoms with Crippen LogP contribution in [0.2, 0.25) is 0 Å². The highest BCUT2D eigenvalue weighted by molar-refractivity contribution is 5.83. The van der Waals surface area contributed by atoms with Crippen molar-refractivity contribution in [1.29, 1.82) is 0 Å². The van der Waals surface area contributed by atoms with Gasteiger partial charge in [-0.2, -0.15) is 0 Å². The summed E-state index contributed by atoms with van der Waals surface area (Å²) in [4.78, 5) is 22.5. The highest BCUT2D eigenvalue weighted by Crippen LogP contribution is 2.24. The van der Waals surface area contributed by atoms with Crippen LogP contribution in [0.4, 0.5) is 0 Å². The monoisotopic (exact) mass is 279 g/mol. The van der Waals surface area contributed by atoms with E-state index in [9.17, 15) is 9.59 Å². The minimum atomic E-state index is -1.01. The van der Waals surface area contributed by atoms with E-state index < -0.39 is 5.97 Å². The predicted octanol–water partition coefficient (Wildman–Crippen LogP) is 1.64. The first-order valence-corrected chi connectivity index (χ1v) is 6.64. The Balaban J connectivity index is 2.48. The number of nitrogens with one attached hydrogen (secondary N) is 1. The molecule has 5 nitrogen and oxygen atoms in total. The fourth-order valence-corrected chi connectivity index (χ4v) is 2.02. The molecule has 1 rings (SSSR count). The van der Waals surface area contributed by atoms with E-state index in [0.29, 0.717) is 6.54 Å². The van der Waals surface area contributed by atoms with Crippen LogP contribution in [0, 0.1) is 5.92 Å². The van der Waals surface area contributed by atoms with E-state index in [1.54, 1.807) is 0 Å².